The molecule has 4 aromatic rings. The van der Waals surface area contributed by atoms with Crippen LogP contribution in [-0.2, 0) is 17.8 Å². The van der Waals surface area contributed by atoms with Gasteiger partial charge in [0.15, 0.2) is 11.5 Å². The fraction of sp³-hybridized carbons (Fsp3) is 0.167. The minimum absolute atomic E-state index is 0.135. The lowest BCUT2D eigenvalue weighted by Crippen LogP contribution is -2.14. The summed E-state index contributed by atoms with van der Waals surface area (Å²) < 4.78 is 18.5. The number of nitrogens with zero attached hydrogens (tertiary/aromatic N) is 2. The highest BCUT2D eigenvalue weighted by molar-refractivity contribution is 5.92. The van der Waals surface area contributed by atoms with Gasteiger partial charge in [-0.2, -0.15) is 0 Å². The van der Waals surface area contributed by atoms with Crippen LogP contribution in [0.15, 0.2) is 73.1 Å². The minimum atomic E-state index is -0.135. The molecule has 0 radical (unpaired) electrons. The van der Waals surface area contributed by atoms with Gasteiger partial charge in [-0.3, -0.25) is 4.79 Å². The van der Waals surface area contributed by atoms with E-state index in [0.29, 0.717) is 17.2 Å². The maximum Gasteiger partial charge on any atom is 0.228 e. The van der Waals surface area contributed by atoms with Crippen molar-refractivity contribution in [3.8, 4) is 17.2 Å². The summed E-state index contributed by atoms with van der Waals surface area (Å²) in [5, 5.41) is 2.90. The summed E-state index contributed by atoms with van der Waals surface area (Å²) in [5.41, 5.74) is 3.14. The maximum absolute atomic E-state index is 12.5. The summed E-state index contributed by atoms with van der Waals surface area (Å²) in [7, 11) is 3.18. The Morgan fingerprint density at radius 2 is 1.90 bits per heavy atom. The molecule has 158 valence electrons. The summed E-state index contributed by atoms with van der Waals surface area (Å²) in [5.74, 6) is 1.69. The van der Waals surface area contributed by atoms with Gasteiger partial charge in [-0.25, -0.2) is 4.98 Å². The highest BCUT2D eigenvalue weighted by atomic mass is 16.5. The lowest BCUT2D eigenvalue weighted by molar-refractivity contribution is -0.115. The molecular formula is C24H23N3O4. The monoisotopic (exact) mass is 417 g/mol. The van der Waals surface area contributed by atoms with Crippen LogP contribution in [0.25, 0.3) is 5.65 Å². The number of benzene rings is 2. The average Bonchev–Trinajstić information content (AvgIpc) is 3.21. The molecule has 0 atom stereocenters. The summed E-state index contributed by atoms with van der Waals surface area (Å²) in [6.45, 7) is 0.277. The summed E-state index contributed by atoms with van der Waals surface area (Å²) in [4.78, 5) is 17.0. The van der Waals surface area contributed by atoms with Gasteiger partial charge in [-0.15, -0.1) is 0 Å². The Balaban J connectivity index is 1.44. The van der Waals surface area contributed by atoms with Crippen LogP contribution < -0.4 is 19.5 Å². The number of carbonyl (C=O) groups excluding carboxylic acids is 1. The highest BCUT2D eigenvalue weighted by Gasteiger charge is 2.11. The van der Waals surface area contributed by atoms with Crippen molar-refractivity contribution in [3.05, 3.63) is 84.3 Å². The SMILES string of the molecule is COc1cccc(CC(=O)Nc2ccc(OC)c(OCc3cn4ccccc4n3)c2)c1. The van der Waals surface area contributed by atoms with Crippen molar-refractivity contribution in [2.24, 2.45) is 0 Å². The van der Waals surface area contributed by atoms with Crippen molar-refractivity contribution in [1.29, 1.82) is 0 Å². The molecule has 0 bridgehead atoms. The molecule has 31 heavy (non-hydrogen) atoms. The van der Waals surface area contributed by atoms with Crippen LogP contribution in [-0.4, -0.2) is 29.5 Å². The van der Waals surface area contributed by atoms with Crippen LogP contribution in [0.1, 0.15) is 11.3 Å². The van der Waals surface area contributed by atoms with Crippen LogP contribution in [0.4, 0.5) is 5.69 Å². The first-order valence-corrected chi connectivity index (χ1v) is 9.81. The normalized spacial score (nSPS) is 10.6. The van der Waals surface area contributed by atoms with E-state index in [-0.39, 0.29) is 18.9 Å². The molecule has 0 spiro atoms. The van der Waals surface area contributed by atoms with E-state index in [1.807, 2.05) is 59.3 Å². The fourth-order valence-corrected chi connectivity index (χ4v) is 3.25. The van der Waals surface area contributed by atoms with Crippen molar-refractivity contribution >= 4 is 17.2 Å². The Morgan fingerprint density at radius 3 is 2.71 bits per heavy atom. The standard InChI is InChI=1S/C24H23N3O4/c1-29-20-7-5-6-17(12-20)13-24(28)26-18-9-10-21(30-2)22(14-18)31-16-19-15-27-11-4-3-8-23(27)25-19/h3-12,14-15H,13,16H2,1-2H3,(H,26,28). The molecule has 7 heteroatoms. The quantitative estimate of drug-likeness (QED) is 0.467. The number of carbonyl (C=O) groups is 1. The van der Waals surface area contributed by atoms with Gasteiger partial charge >= 0.3 is 0 Å². The third-order valence-corrected chi connectivity index (χ3v) is 4.74. The van der Waals surface area contributed by atoms with E-state index in [9.17, 15) is 4.79 Å². The molecule has 4 rings (SSSR count). The Kier molecular flexibility index (Phi) is 6.03. The number of pyridine rings is 1. The number of methoxy groups -OCH3 is 2. The number of hydrogen-bond donors (Lipinski definition) is 1. The number of imidazole rings is 1. The molecular weight excluding hydrogens is 394 g/mol. The first kappa shape index (κ1) is 20.3. The third-order valence-electron chi connectivity index (χ3n) is 4.74. The van der Waals surface area contributed by atoms with Crippen LogP contribution in [0.5, 0.6) is 17.2 Å². The second kappa shape index (κ2) is 9.21. The van der Waals surface area contributed by atoms with Gasteiger partial charge in [0.1, 0.15) is 18.0 Å². The van der Waals surface area contributed by atoms with Gasteiger partial charge in [-0.05, 0) is 42.0 Å². The molecule has 0 unspecified atom stereocenters. The number of ether oxygens (including phenoxy) is 3. The third kappa shape index (κ3) is 4.95. The van der Waals surface area contributed by atoms with E-state index in [1.165, 1.54) is 0 Å². The maximum atomic E-state index is 12.5. The smallest absolute Gasteiger partial charge is 0.228 e. The molecule has 2 aromatic heterocycles. The van der Waals surface area contributed by atoms with Gasteiger partial charge < -0.3 is 23.9 Å². The molecule has 2 heterocycles. The zero-order chi connectivity index (χ0) is 21.6. The summed E-state index contributed by atoms with van der Waals surface area (Å²) >= 11 is 0. The van der Waals surface area contributed by atoms with Crippen molar-refractivity contribution in [2.75, 3.05) is 19.5 Å². The first-order chi connectivity index (χ1) is 15.1. The Labute approximate surface area is 180 Å². The van der Waals surface area contributed by atoms with Crippen LogP contribution in [0, 0.1) is 0 Å². The summed E-state index contributed by atoms with van der Waals surface area (Å²) in [6.07, 6.45) is 4.09. The fourth-order valence-electron chi connectivity index (χ4n) is 3.25. The Bertz CT molecular complexity index is 1170. The molecule has 7 nitrogen and oxygen atoms in total. The van der Waals surface area contributed by atoms with E-state index in [1.54, 1.807) is 32.4 Å². The predicted molar refractivity (Wildman–Crippen MR) is 118 cm³/mol. The highest BCUT2D eigenvalue weighted by Crippen LogP contribution is 2.31. The molecule has 0 saturated carbocycles. The largest absolute Gasteiger partial charge is 0.497 e. The number of anilines is 1. The van der Waals surface area contributed by atoms with E-state index in [0.717, 1.165) is 22.7 Å². The van der Waals surface area contributed by atoms with Gasteiger partial charge in [0, 0.05) is 24.1 Å². The molecule has 1 amide bonds. The van der Waals surface area contributed by atoms with Crippen LogP contribution >= 0.6 is 0 Å². The van der Waals surface area contributed by atoms with Gasteiger partial charge in [-0.1, -0.05) is 18.2 Å². The van der Waals surface area contributed by atoms with E-state index in [2.05, 4.69) is 10.3 Å². The molecule has 0 saturated heterocycles. The topological polar surface area (TPSA) is 74.1 Å². The lowest BCUT2D eigenvalue weighted by Gasteiger charge is -2.12. The first-order valence-electron chi connectivity index (χ1n) is 9.81. The average molecular weight is 417 g/mol. The number of nitrogens with one attached hydrogen (secondary N) is 1. The van der Waals surface area contributed by atoms with Gasteiger partial charge in [0.2, 0.25) is 5.91 Å². The number of amides is 1. The Morgan fingerprint density at radius 1 is 1.00 bits per heavy atom. The van der Waals surface area contributed by atoms with E-state index >= 15 is 0 Å². The molecule has 0 aliphatic carbocycles. The minimum Gasteiger partial charge on any atom is -0.497 e. The molecule has 0 aliphatic rings. The molecule has 0 aliphatic heterocycles. The predicted octanol–water partition coefficient (Wildman–Crippen LogP) is 4.11. The van der Waals surface area contributed by atoms with Gasteiger partial charge in [0.05, 0.1) is 26.3 Å². The molecule has 2 aromatic carbocycles. The number of aromatic nitrogens is 2. The van der Waals surface area contributed by atoms with Crippen LogP contribution in [0.2, 0.25) is 0 Å². The zero-order valence-electron chi connectivity index (χ0n) is 17.4. The Hall–Kier alpha value is -4.00. The van der Waals surface area contributed by atoms with Crippen molar-refractivity contribution in [2.45, 2.75) is 13.0 Å². The summed E-state index contributed by atoms with van der Waals surface area (Å²) in [6, 6.07) is 18.5. The molecule has 0 fully saturated rings. The zero-order valence-corrected chi connectivity index (χ0v) is 17.4. The van der Waals surface area contributed by atoms with Crippen molar-refractivity contribution in [1.82, 2.24) is 9.38 Å². The van der Waals surface area contributed by atoms with Crippen molar-refractivity contribution in [3.63, 3.8) is 0 Å². The number of fused-ring (bicyclic) bond motifs is 1. The second-order valence-corrected chi connectivity index (χ2v) is 6.93. The molecule has 1 N–H and O–H groups in total. The van der Waals surface area contributed by atoms with Crippen molar-refractivity contribution < 1.29 is 19.0 Å². The lowest BCUT2D eigenvalue weighted by atomic mass is 10.1. The van der Waals surface area contributed by atoms with Crippen LogP contribution in [0.3, 0.4) is 0 Å². The van der Waals surface area contributed by atoms with Gasteiger partial charge in [0.25, 0.3) is 0 Å². The number of hydrogen-bond acceptors (Lipinski definition) is 5. The number of rotatable bonds is 8. The second-order valence-electron chi connectivity index (χ2n) is 6.93. The van der Waals surface area contributed by atoms with E-state index in [4.69, 9.17) is 14.2 Å². The van der Waals surface area contributed by atoms with E-state index < -0.39 is 0 Å².